The van der Waals surface area contributed by atoms with Gasteiger partial charge < -0.3 is 9.64 Å². The zero-order valence-corrected chi connectivity index (χ0v) is 14.4. The van der Waals surface area contributed by atoms with Gasteiger partial charge in [0.2, 0.25) is 0 Å². The maximum Gasteiger partial charge on any atom is 0.119 e. The molecule has 21 heavy (non-hydrogen) atoms. The van der Waals surface area contributed by atoms with Crippen molar-refractivity contribution in [1.82, 2.24) is 4.90 Å². The molecule has 1 aliphatic rings. The summed E-state index contributed by atoms with van der Waals surface area (Å²) in [6.07, 6.45) is 1.32. The third-order valence-corrected chi connectivity index (χ3v) is 4.80. The van der Waals surface area contributed by atoms with E-state index in [4.69, 9.17) is 4.74 Å². The minimum atomic E-state index is 0.253. The summed E-state index contributed by atoms with van der Waals surface area (Å²) in [5.41, 5.74) is 1.37. The average molecular weight is 393 g/mol. The highest BCUT2D eigenvalue weighted by molar-refractivity contribution is 14.1. The Hall–Kier alpha value is -1.07. The van der Waals surface area contributed by atoms with Crippen LogP contribution in [0.15, 0.2) is 54.6 Å². The van der Waals surface area contributed by atoms with Gasteiger partial charge in [-0.2, -0.15) is 0 Å². The first-order chi connectivity index (χ1) is 10.2. The van der Waals surface area contributed by atoms with Crippen LogP contribution >= 0.6 is 22.6 Å². The van der Waals surface area contributed by atoms with Gasteiger partial charge in [0, 0.05) is 22.6 Å². The number of hydrogen-bond acceptors (Lipinski definition) is 2. The molecule has 2 nitrogen and oxygen atoms in total. The van der Waals surface area contributed by atoms with Gasteiger partial charge in [-0.15, -0.1) is 0 Å². The van der Waals surface area contributed by atoms with Crippen LogP contribution in [0.1, 0.15) is 17.9 Å². The summed E-state index contributed by atoms with van der Waals surface area (Å²) in [7, 11) is 2.19. The summed E-state index contributed by atoms with van der Waals surface area (Å²) < 4.78 is 7.53. The van der Waals surface area contributed by atoms with E-state index in [9.17, 15) is 0 Å². The monoisotopic (exact) mass is 393 g/mol. The zero-order valence-electron chi connectivity index (χ0n) is 12.2. The van der Waals surface area contributed by atoms with E-state index in [1.165, 1.54) is 9.13 Å². The van der Waals surface area contributed by atoms with Crippen LogP contribution in [0.3, 0.4) is 0 Å². The molecule has 3 rings (SSSR count). The highest BCUT2D eigenvalue weighted by Crippen LogP contribution is 2.30. The van der Waals surface area contributed by atoms with Gasteiger partial charge in [-0.25, -0.2) is 0 Å². The van der Waals surface area contributed by atoms with E-state index < -0.39 is 0 Å². The molecule has 0 radical (unpaired) electrons. The summed E-state index contributed by atoms with van der Waals surface area (Å²) in [6.45, 7) is 2.15. The van der Waals surface area contributed by atoms with E-state index in [1.54, 1.807) is 0 Å². The zero-order chi connectivity index (χ0) is 14.7. The summed E-state index contributed by atoms with van der Waals surface area (Å²) in [5.74, 6) is 1.41. The number of nitrogens with zero attached hydrogens (tertiary/aromatic N) is 1. The number of ether oxygens (including phenoxy) is 1. The lowest BCUT2D eigenvalue weighted by Crippen LogP contribution is -2.42. The molecule has 1 heterocycles. The van der Waals surface area contributed by atoms with Gasteiger partial charge in [-0.1, -0.05) is 30.3 Å². The van der Waals surface area contributed by atoms with E-state index in [2.05, 4.69) is 89.1 Å². The lowest BCUT2D eigenvalue weighted by molar-refractivity contribution is 0.0902. The molecular weight excluding hydrogens is 373 g/mol. The number of hydrogen-bond donors (Lipinski definition) is 0. The van der Waals surface area contributed by atoms with E-state index in [0.29, 0.717) is 5.92 Å². The second-order valence-electron chi connectivity index (χ2n) is 5.68. The molecule has 0 aliphatic carbocycles. The van der Waals surface area contributed by atoms with Crippen molar-refractivity contribution < 1.29 is 4.74 Å². The number of benzene rings is 2. The Kier molecular flexibility index (Phi) is 4.80. The van der Waals surface area contributed by atoms with E-state index in [0.717, 1.165) is 25.3 Å². The molecule has 0 aromatic heterocycles. The maximum atomic E-state index is 6.30. The Labute approximate surface area is 140 Å². The minimum Gasteiger partial charge on any atom is -0.490 e. The number of likely N-dealkylation sites (N-methyl/N-ethyl adjacent to an activating group) is 1. The van der Waals surface area contributed by atoms with Crippen molar-refractivity contribution in [2.45, 2.75) is 18.4 Å². The molecule has 110 valence electrons. The van der Waals surface area contributed by atoms with Gasteiger partial charge in [-0.05, 0) is 65.9 Å². The molecule has 0 saturated carbocycles. The van der Waals surface area contributed by atoms with Crippen molar-refractivity contribution in [3.63, 3.8) is 0 Å². The first-order valence-electron chi connectivity index (χ1n) is 7.38. The molecule has 0 spiro atoms. The molecular formula is C18H20INO. The Morgan fingerprint density at radius 1 is 1.05 bits per heavy atom. The highest BCUT2D eigenvalue weighted by Gasteiger charge is 2.30. The van der Waals surface area contributed by atoms with Crippen LogP contribution in [0.4, 0.5) is 0 Å². The second kappa shape index (κ2) is 6.79. The van der Waals surface area contributed by atoms with Gasteiger partial charge in [0.25, 0.3) is 0 Å². The number of likely N-dealkylation sites (tertiary alicyclic amines) is 1. The highest BCUT2D eigenvalue weighted by atomic mass is 127. The molecule has 2 aromatic carbocycles. The predicted octanol–water partition coefficient (Wildman–Crippen LogP) is 4.16. The third-order valence-electron chi connectivity index (χ3n) is 4.08. The summed E-state index contributed by atoms with van der Waals surface area (Å²) >= 11 is 2.32. The normalized spacial score (nSPS) is 23.0. The fraction of sp³-hybridized carbons (Fsp3) is 0.333. The lowest BCUT2D eigenvalue weighted by atomic mass is 9.88. The standard InChI is InChI=1S/C18H20INO/c1-20-12-11-18(21-16-9-7-15(19)8-10-16)17(13-20)14-5-3-2-4-6-14/h2-10,17-18H,11-13H2,1H3/t17-,18-/m1/s1. The SMILES string of the molecule is CN1CC[C@@H](Oc2ccc(I)cc2)[C@@H](c2ccccc2)C1. The molecule has 0 N–H and O–H groups in total. The molecule has 1 aliphatic heterocycles. The van der Waals surface area contributed by atoms with Crippen molar-refractivity contribution in [3.05, 3.63) is 63.7 Å². The third kappa shape index (κ3) is 3.77. The van der Waals surface area contributed by atoms with Gasteiger partial charge in [0.1, 0.15) is 11.9 Å². The molecule has 2 aromatic rings. The molecule has 0 bridgehead atoms. The van der Waals surface area contributed by atoms with E-state index in [-0.39, 0.29) is 6.10 Å². The van der Waals surface area contributed by atoms with Crippen LogP contribution in [0.5, 0.6) is 5.75 Å². The smallest absolute Gasteiger partial charge is 0.119 e. The Bertz CT molecular complexity index is 570. The average Bonchev–Trinajstić information content (AvgIpc) is 2.52. The minimum absolute atomic E-state index is 0.253. The van der Waals surface area contributed by atoms with Crippen LogP contribution < -0.4 is 4.74 Å². The van der Waals surface area contributed by atoms with Crippen LogP contribution in [0.25, 0.3) is 0 Å². The Morgan fingerprint density at radius 2 is 1.76 bits per heavy atom. The van der Waals surface area contributed by atoms with Crippen molar-refractivity contribution in [1.29, 1.82) is 0 Å². The molecule has 2 atom stereocenters. The van der Waals surface area contributed by atoms with E-state index >= 15 is 0 Å². The fourth-order valence-corrected chi connectivity index (χ4v) is 3.30. The molecule has 1 saturated heterocycles. The first kappa shape index (κ1) is 14.9. The van der Waals surface area contributed by atoms with Crippen molar-refractivity contribution >= 4 is 22.6 Å². The predicted molar refractivity (Wildman–Crippen MR) is 94.9 cm³/mol. The summed E-state index contributed by atoms with van der Waals surface area (Å²) in [5, 5.41) is 0. The van der Waals surface area contributed by atoms with Gasteiger partial charge >= 0.3 is 0 Å². The van der Waals surface area contributed by atoms with Crippen LogP contribution in [0.2, 0.25) is 0 Å². The van der Waals surface area contributed by atoms with Crippen molar-refractivity contribution in [2.75, 3.05) is 20.1 Å². The van der Waals surface area contributed by atoms with Crippen LogP contribution in [-0.2, 0) is 0 Å². The van der Waals surface area contributed by atoms with Gasteiger partial charge in [0.15, 0.2) is 0 Å². The van der Waals surface area contributed by atoms with Crippen LogP contribution in [-0.4, -0.2) is 31.1 Å². The molecule has 0 unspecified atom stereocenters. The number of piperidine rings is 1. The number of rotatable bonds is 3. The fourth-order valence-electron chi connectivity index (χ4n) is 2.94. The summed E-state index contributed by atoms with van der Waals surface area (Å²) in [4.78, 5) is 2.39. The Balaban J connectivity index is 1.79. The molecule has 1 fully saturated rings. The first-order valence-corrected chi connectivity index (χ1v) is 8.46. The topological polar surface area (TPSA) is 12.5 Å². The molecule has 0 amide bonds. The lowest BCUT2D eigenvalue weighted by Gasteiger charge is -2.37. The van der Waals surface area contributed by atoms with Crippen molar-refractivity contribution in [2.24, 2.45) is 0 Å². The maximum absolute atomic E-state index is 6.30. The van der Waals surface area contributed by atoms with Gasteiger partial charge in [0.05, 0.1) is 0 Å². The Morgan fingerprint density at radius 3 is 2.48 bits per heavy atom. The quantitative estimate of drug-likeness (QED) is 0.727. The number of halogens is 1. The van der Waals surface area contributed by atoms with Crippen molar-refractivity contribution in [3.8, 4) is 5.75 Å². The molecule has 3 heteroatoms. The van der Waals surface area contributed by atoms with E-state index in [1.807, 2.05) is 0 Å². The van der Waals surface area contributed by atoms with Crippen LogP contribution in [0, 0.1) is 3.57 Å². The van der Waals surface area contributed by atoms with Gasteiger partial charge in [-0.3, -0.25) is 0 Å². The largest absolute Gasteiger partial charge is 0.490 e. The summed E-state index contributed by atoms with van der Waals surface area (Å²) in [6, 6.07) is 19.1. The second-order valence-corrected chi connectivity index (χ2v) is 6.92.